The van der Waals surface area contributed by atoms with Crippen molar-refractivity contribution in [3.63, 3.8) is 0 Å². The van der Waals surface area contributed by atoms with E-state index in [4.69, 9.17) is 14.6 Å². The molecule has 0 heterocycles. The largest absolute Gasteiger partial charge is 0.493 e. The number of halogens is 1. The molecule has 0 saturated heterocycles. The zero-order valence-corrected chi connectivity index (χ0v) is 13.8. The Balaban J connectivity index is 2.18. The first-order chi connectivity index (χ1) is 10.5. The number of aromatic carboxylic acids is 1. The van der Waals surface area contributed by atoms with Gasteiger partial charge in [0.25, 0.3) is 0 Å². The van der Waals surface area contributed by atoms with Gasteiger partial charge in [-0.05, 0) is 35.9 Å². The van der Waals surface area contributed by atoms with Crippen LogP contribution in [0.1, 0.15) is 15.9 Å². The number of ether oxygens (including phenoxy) is 2. The number of carboxylic acid groups (broad SMARTS) is 1. The number of rotatable bonds is 6. The Morgan fingerprint density at radius 3 is 2.50 bits per heavy atom. The molecule has 2 aromatic rings. The molecule has 5 nitrogen and oxygen atoms in total. The Morgan fingerprint density at radius 2 is 1.86 bits per heavy atom. The molecule has 0 bridgehead atoms. The van der Waals surface area contributed by atoms with Gasteiger partial charge < -0.3 is 19.9 Å². The number of carboxylic acids is 1. The maximum Gasteiger partial charge on any atom is 0.335 e. The molecule has 0 aliphatic rings. The summed E-state index contributed by atoms with van der Waals surface area (Å²) in [4.78, 5) is 11.0. The fourth-order valence-electron chi connectivity index (χ4n) is 1.99. The summed E-state index contributed by atoms with van der Waals surface area (Å²) in [6, 6.07) is 10.4. The zero-order chi connectivity index (χ0) is 16.1. The van der Waals surface area contributed by atoms with Crippen molar-refractivity contribution in [2.45, 2.75) is 6.54 Å². The van der Waals surface area contributed by atoms with Crippen LogP contribution in [-0.2, 0) is 6.54 Å². The molecular weight excluding hydrogens is 350 g/mol. The van der Waals surface area contributed by atoms with Crippen LogP contribution in [0.15, 0.2) is 40.9 Å². The van der Waals surface area contributed by atoms with Crippen LogP contribution in [0.5, 0.6) is 11.5 Å². The third-order valence-electron chi connectivity index (χ3n) is 3.15. The third kappa shape index (κ3) is 3.71. The number of hydrogen-bond acceptors (Lipinski definition) is 4. The Labute approximate surface area is 137 Å². The van der Waals surface area contributed by atoms with Crippen LogP contribution in [0.25, 0.3) is 0 Å². The van der Waals surface area contributed by atoms with Gasteiger partial charge in [-0.2, -0.15) is 0 Å². The van der Waals surface area contributed by atoms with Crippen LogP contribution in [0, 0.1) is 0 Å². The smallest absolute Gasteiger partial charge is 0.335 e. The van der Waals surface area contributed by atoms with Crippen molar-refractivity contribution in [2.75, 3.05) is 19.5 Å². The molecular formula is C16H16BrNO4. The lowest BCUT2D eigenvalue weighted by molar-refractivity contribution is 0.0697. The lowest BCUT2D eigenvalue weighted by Crippen LogP contribution is -2.03. The van der Waals surface area contributed by atoms with Crippen molar-refractivity contribution >= 4 is 27.6 Å². The monoisotopic (exact) mass is 365 g/mol. The van der Waals surface area contributed by atoms with E-state index in [-0.39, 0.29) is 5.56 Å². The topological polar surface area (TPSA) is 67.8 Å². The molecule has 0 aliphatic heterocycles. The minimum absolute atomic E-state index is 0.247. The van der Waals surface area contributed by atoms with Gasteiger partial charge >= 0.3 is 5.97 Å². The summed E-state index contributed by atoms with van der Waals surface area (Å²) in [5.74, 6) is 0.337. The van der Waals surface area contributed by atoms with Gasteiger partial charge in [-0.25, -0.2) is 4.79 Å². The van der Waals surface area contributed by atoms with Gasteiger partial charge in [-0.15, -0.1) is 0 Å². The second-order valence-electron chi connectivity index (χ2n) is 4.54. The highest BCUT2D eigenvalue weighted by Crippen LogP contribution is 2.33. The summed E-state index contributed by atoms with van der Waals surface area (Å²) in [5.41, 5.74) is 1.95. The fraction of sp³-hybridized carbons (Fsp3) is 0.188. The summed E-state index contributed by atoms with van der Waals surface area (Å²) in [6.07, 6.45) is 0. The van der Waals surface area contributed by atoms with Gasteiger partial charge in [0.1, 0.15) is 0 Å². The Morgan fingerprint density at radius 1 is 1.18 bits per heavy atom. The Kier molecular flexibility index (Phi) is 5.27. The molecule has 0 fully saturated rings. The SMILES string of the molecule is COc1cc(Br)c(CNc2cccc(C(=O)O)c2)cc1OC. The normalized spacial score (nSPS) is 10.1. The Bertz CT molecular complexity index is 688. The average Bonchev–Trinajstić information content (AvgIpc) is 2.53. The number of hydrogen-bond donors (Lipinski definition) is 2. The van der Waals surface area contributed by atoms with Crippen LogP contribution in [0.4, 0.5) is 5.69 Å². The summed E-state index contributed by atoms with van der Waals surface area (Å²) < 4.78 is 11.4. The van der Waals surface area contributed by atoms with Gasteiger partial charge in [-0.1, -0.05) is 22.0 Å². The molecule has 0 atom stereocenters. The molecule has 2 rings (SSSR count). The van der Waals surface area contributed by atoms with E-state index in [2.05, 4.69) is 21.2 Å². The number of benzene rings is 2. The first kappa shape index (κ1) is 16.2. The highest BCUT2D eigenvalue weighted by molar-refractivity contribution is 9.10. The van der Waals surface area contributed by atoms with Crippen molar-refractivity contribution in [1.82, 2.24) is 0 Å². The molecule has 0 unspecified atom stereocenters. The predicted molar refractivity (Wildman–Crippen MR) is 88.0 cm³/mol. The average molecular weight is 366 g/mol. The lowest BCUT2D eigenvalue weighted by Gasteiger charge is -2.13. The summed E-state index contributed by atoms with van der Waals surface area (Å²) in [7, 11) is 3.17. The first-order valence-electron chi connectivity index (χ1n) is 6.52. The minimum atomic E-state index is -0.948. The highest BCUT2D eigenvalue weighted by atomic mass is 79.9. The Hall–Kier alpha value is -2.21. The number of carbonyl (C=O) groups is 1. The van der Waals surface area contributed by atoms with Crippen LogP contribution in [0.3, 0.4) is 0 Å². The van der Waals surface area contributed by atoms with Gasteiger partial charge in [0, 0.05) is 16.7 Å². The van der Waals surface area contributed by atoms with Crippen molar-refractivity contribution in [3.05, 3.63) is 52.0 Å². The van der Waals surface area contributed by atoms with Crippen molar-refractivity contribution in [1.29, 1.82) is 0 Å². The van der Waals surface area contributed by atoms with Gasteiger partial charge in [0.2, 0.25) is 0 Å². The predicted octanol–water partition coefficient (Wildman–Crippen LogP) is 3.78. The molecule has 2 aromatic carbocycles. The number of nitrogens with one attached hydrogen (secondary N) is 1. The molecule has 6 heteroatoms. The maximum absolute atomic E-state index is 11.0. The summed E-state index contributed by atoms with van der Waals surface area (Å²) >= 11 is 3.49. The van der Waals surface area contributed by atoms with Gasteiger partial charge in [-0.3, -0.25) is 0 Å². The molecule has 0 aromatic heterocycles. The molecule has 0 spiro atoms. The molecule has 0 amide bonds. The lowest BCUT2D eigenvalue weighted by atomic mass is 10.1. The molecule has 0 saturated carbocycles. The number of methoxy groups -OCH3 is 2. The van der Waals surface area contributed by atoms with Crippen LogP contribution < -0.4 is 14.8 Å². The fourth-order valence-corrected chi connectivity index (χ4v) is 2.45. The van der Waals surface area contributed by atoms with E-state index < -0.39 is 5.97 Å². The summed E-state index contributed by atoms with van der Waals surface area (Å²) in [5, 5.41) is 12.2. The maximum atomic E-state index is 11.0. The minimum Gasteiger partial charge on any atom is -0.493 e. The van der Waals surface area contributed by atoms with Gasteiger partial charge in [0.05, 0.1) is 19.8 Å². The van der Waals surface area contributed by atoms with Crippen LogP contribution in [-0.4, -0.2) is 25.3 Å². The van der Waals surface area contributed by atoms with E-state index in [0.717, 1.165) is 15.7 Å². The molecule has 116 valence electrons. The van der Waals surface area contributed by atoms with Crippen LogP contribution in [0.2, 0.25) is 0 Å². The van der Waals surface area contributed by atoms with Crippen molar-refractivity contribution in [3.8, 4) is 11.5 Å². The molecule has 0 radical (unpaired) electrons. The van der Waals surface area contributed by atoms with E-state index >= 15 is 0 Å². The van der Waals surface area contributed by atoms with Crippen molar-refractivity contribution in [2.24, 2.45) is 0 Å². The van der Waals surface area contributed by atoms with E-state index in [9.17, 15) is 4.79 Å². The summed E-state index contributed by atoms with van der Waals surface area (Å²) in [6.45, 7) is 0.518. The van der Waals surface area contributed by atoms with E-state index in [1.807, 2.05) is 18.2 Å². The van der Waals surface area contributed by atoms with Crippen LogP contribution >= 0.6 is 15.9 Å². The molecule has 2 N–H and O–H groups in total. The van der Waals surface area contributed by atoms with E-state index in [0.29, 0.717) is 18.0 Å². The van der Waals surface area contributed by atoms with E-state index in [1.165, 1.54) is 0 Å². The quantitative estimate of drug-likeness (QED) is 0.815. The third-order valence-corrected chi connectivity index (χ3v) is 3.88. The van der Waals surface area contributed by atoms with E-state index in [1.54, 1.807) is 32.4 Å². The molecule has 0 aliphatic carbocycles. The first-order valence-corrected chi connectivity index (χ1v) is 7.32. The zero-order valence-electron chi connectivity index (χ0n) is 12.2. The second kappa shape index (κ2) is 7.17. The van der Waals surface area contributed by atoms with Crippen molar-refractivity contribution < 1.29 is 19.4 Å². The van der Waals surface area contributed by atoms with Gasteiger partial charge in [0.15, 0.2) is 11.5 Å². The highest BCUT2D eigenvalue weighted by Gasteiger charge is 2.10. The standard InChI is InChI=1S/C16H16BrNO4/c1-21-14-7-11(13(17)8-15(14)22-2)9-18-12-5-3-4-10(6-12)16(19)20/h3-8,18H,9H2,1-2H3,(H,19,20). The molecule has 22 heavy (non-hydrogen) atoms. The second-order valence-corrected chi connectivity index (χ2v) is 5.39. The number of anilines is 1.